The van der Waals surface area contributed by atoms with Gasteiger partial charge in [-0.3, -0.25) is 4.79 Å². The molecule has 1 aliphatic heterocycles. The first kappa shape index (κ1) is 15.2. The number of nitrogens with two attached hydrogens (primary N) is 1. The van der Waals surface area contributed by atoms with Gasteiger partial charge in [0.1, 0.15) is 4.88 Å². The van der Waals surface area contributed by atoms with E-state index >= 15 is 0 Å². The molecule has 1 aliphatic rings. The first-order valence-electron chi connectivity index (χ1n) is 6.94. The summed E-state index contributed by atoms with van der Waals surface area (Å²) in [5, 5.41) is 12.5. The largest absolute Gasteiger partial charge is 0.396 e. The van der Waals surface area contributed by atoms with Crippen LogP contribution in [0.5, 0.6) is 0 Å². The highest BCUT2D eigenvalue weighted by atomic mass is 32.1. The molecule has 0 radical (unpaired) electrons. The molecule has 2 rings (SSSR count). The van der Waals surface area contributed by atoms with E-state index in [-0.39, 0.29) is 12.5 Å². The predicted octanol–water partition coefficient (Wildman–Crippen LogP) is 0.468. The fraction of sp³-hybridized carbons (Fsp3) is 0.692. The lowest BCUT2D eigenvalue weighted by atomic mass is 9.99. The predicted molar refractivity (Wildman–Crippen MR) is 79.8 cm³/mol. The van der Waals surface area contributed by atoms with Crippen LogP contribution in [-0.2, 0) is 0 Å². The zero-order valence-electron chi connectivity index (χ0n) is 11.8. The Kier molecular flexibility index (Phi) is 5.33. The molecule has 1 aromatic heterocycles. The number of thiazole rings is 1. The molecule has 6 nitrogen and oxygen atoms in total. The molecule has 1 fully saturated rings. The number of piperidine rings is 1. The van der Waals surface area contributed by atoms with E-state index in [0.717, 1.165) is 32.5 Å². The van der Waals surface area contributed by atoms with Crippen molar-refractivity contribution >= 4 is 22.4 Å². The summed E-state index contributed by atoms with van der Waals surface area (Å²) in [6.07, 6.45) is 2.21. The third kappa shape index (κ3) is 3.91. The van der Waals surface area contributed by atoms with E-state index < -0.39 is 0 Å². The number of hydrogen-bond donors (Lipinski definition) is 3. The molecule has 1 aromatic rings. The molecule has 4 N–H and O–H groups in total. The van der Waals surface area contributed by atoms with E-state index in [1.165, 1.54) is 11.3 Å². The van der Waals surface area contributed by atoms with Gasteiger partial charge in [-0.15, -0.1) is 0 Å². The lowest BCUT2D eigenvalue weighted by molar-refractivity contribution is 0.0934. The summed E-state index contributed by atoms with van der Waals surface area (Å²) in [7, 11) is 0. The number of rotatable bonds is 5. The Bertz CT molecular complexity index is 463. The number of nitrogens with zero attached hydrogens (tertiary/aromatic N) is 2. The molecule has 2 heterocycles. The van der Waals surface area contributed by atoms with E-state index in [1.54, 1.807) is 6.92 Å². The molecule has 0 unspecified atom stereocenters. The number of amides is 1. The molecule has 0 saturated carbocycles. The first-order valence-corrected chi connectivity index (χ1v) is 7.76. The van der Waals surface area contributed by atoms with E-state index in [0.29, 0.717) is 28.2 Å². The van der Waals surface area contributed by atoms with Crippen LogP contribution in [0.25, 0.3) is 0 Å². The third-order valence-corrected chi connectivity index (χ3v) is 4.58. The minimum absolute atomic E-state index is 0.104. The minimum atomic E-state index is -0.104. The molecule has 0 aliphatic carbocycles. The molecule has 1 atom stereocenters. The summed E-state index contributed by atoms with van der Waals surface area (Å²) in [6.45, 7) is 5.42. The van der Waals surface area contributed by atoms with Gasteiger partial charge in [0.05, 0.1) is 5.69 Å². The van der Waals surface area contributed by atoms with E-state index in [4.69, 9.17) is 5.73 Å². The SMILES string of the molecule is Cc1nc(N)sc1C(=O)NCCN1CCC[C@H](CO)C1. The third-order valence-electron chi connectivity index (χ3n) is 3.59. The second-order valence-corrected chi connectivity index (χ2v) is 6.24. The number of carbonyl (C=O) groups is 1. The molecular formula is C13H22N4O2S. The zero-order chi connectivity index (χ0) is 14.5. The van der Waals surface area contributed by atoms with Crippen LogP contribution in [0.4, 0.5) is 5.13 Å². The van der Waals surface area contributed by atoms with Crippen molar-refractivity contribution < 1.29 is 9.90 Å². The van der Waals surface area contributed by atoms with Gasteiger partial charge in [0.25, 0.3) is 5.91 Å². The van der Waals surface area contributed by atoms with Crippen LogP contribution in [0.15, 0.2) is 0 Å². The van der Waals surface area contributed by atoms with Crippen LogP contribution in [0.3, 0.4) is 0 Å². The number of aliphatic hydroxyl groups is 1. The maximum absolute atomic E-state index is 12.0. The van der Waals surface area contributed by atoms with E-state index in [1.807, 2.05) is 0 Å². The van der Waals surface area contributed by atoms with Crippen LogP contribution < -0.4 is 11.1 Å². The highest BCUT2D eigenvalue weighted by Crippen LogP contribution is 2.19. The van der Waals surface area contributed by atoms with Gasteiger partial charge in [0.15, 0.2) is 5.13 Å². The zero-order valence-corrected chi connectivity index (χ0v) is 12.6. The fourth-order valence-corrected chi connectivity index (χ4v) is 3.29. The maximum atomic E-state index is 12.0. The number of aliphatic hydroxyl groups excluding tert-OH is 1. The molecule has 7 heteroatoms. The van der Waals surface area contributed by atoms with Crippen LogP contribution in [-0.4, -0.2) is 53.7 Å². The average Bonchev–Trinajstić information content (AvgIpc) is 2.78. The molecule has 20 heavy (non-hydrogen) atoms. The number of nitrogen functional groups attached to an aromatic ring is 1. The number of hydrogen-bond acceptors (Lipinski definition) is 6. The standard InChI is InChI=1S/C13H22N4O2S/c1-9-11(20-13(14)16-9)12(19)15-4-6-17-5-2-3-10(7-17)8-18/h10,18H,2-8H2,1H3,(H2,14,16)(H,15,19)/t10-/m0/s1. The summed E-state index contributed by atoms with van der Waals surface area (Å²) in [5.41, 5.74) is 6.27. The van der Waals surface area contributed by atoms with Crippen molar-refractivity contribution in [2.45, 2.75) is 19.8 Å². The number of nitrogens with one attached hydrogen (secondary N) is 1. The van der Waals surface area contributed by atoms with Crippen molar-refractivity contribution in [2.75, 3.05) is 38.5 Å². The van der Waals surface area contributed by atoms with Crippen LogP contribution in [0, 0.1) is 12.8 Å². The van der Waals surface area contributed by atoms with Crippen molar-refractivity contribution in [2.24, 2.45) is 5.92 Å². The van der Waals surface area contributed by atoms with Crippen LogP contribution >= 0.6 is 11.3 Å². The molecule has 1 saturated heterocycles. The van der Waals surface area contributed by atoms with Gasteiger partial charge in [0.2, 0.25) is 0 Å². The molecular weight excluding hydrogens is 276 g/mol. The Hall–Kier alpha value is -1.18. The summed E-state index contributed by atoms with van der Waals surface area (Å²) in [4.78, 5) is 18.9. The Morgan fingerprint density at radius 3 is 3.10 bits per heavy atom. The van der Waals surface area contributed by atoms with Crippen molar-refractivity contribution in [1.82, 2.24) is 15.2 Å². The van der Waals surface area contributed by atoms with Crippen molar-refractivity contribution in [3.63, 3.8) is 0 Å². The Balaban J connectivity index is 1.75. The average molecular weight is 298 g/mol. The van der Waals surface area contributed by atoms with Gasteiger partial charge in [-0.1, -0.05) is 11.3 Å². The topological polar surface area (TPSA) is 91.5 Å². The number of aromatic nitrogens is 1. The smallest absolute Gasteiger partial charge is 0.263 e. The maximum Gasteiger partial charge on any atom is 0.263 e. The molecule has 0 aromatic carbocycles. The van der Waals surface area contributed by atoms with Crippen LogP contribution in [0.2, 0.25) is 0 Å². The Labute approximate surface area is 123 Å². The summed E-state index contributed by atoms with van der Waals surface area (Å²) in [6, 6.07) is 0. The normalized spacial score (nSPS) is 20.0. The fourth-order valence-electron chi connectivity index (χ4n) is 2.54. The van der Waals surface area contributed by atoms with Gasteiger partial charge >= 0.3 is 0 Å². The highest BCUT2D eigenvalue weighted by molar-refractivity contribution is 7.17. The summed E-state index contributed by atoms with van der Waals surface area (Å²) in [5.74, 6) is 0.274. The Morgan fingerprint density at radius 1 is 1.65 bits per heavy atom. The van der Waals surface area contributed by atoms with Crippen molar-refractivity contribution in [3.8, 4) is 0 Å². The molecule has 112 valence electrons. The van der Waals surface area contributed by atoms with Crippen LogP contribution in [0.1, 0.15) is 28.2 Å². The highest BCUT2D eigenvalue weighted by Gasteiger charge is 2.19. The molecule has 0 spiro atoms. The van der Waals surface area contributed by atoms with Crippen molar-refractivity contribution in [3.05, 3.63) is 10.6 Å². The lowest BCUT2D eigenvalue weighted by Crippen LogP contribution is -2.41. The van der Waals surface area contributed by atoms with Gasteiger partial charge in [0, 0.05) is 26.2 Å². The molecule has 0 bridgehead atoms. The summed E-state index contributed by atoms with van der Waals surface area (Å²) < 4.78 is 0. The molecule has 1 amide bonds. The van der Waals surface area contributed by atoms with Crippen molar-refractivity contribution in [1.29, 1.82) is 0 Å². The van der Waals surface area contributed by atoms with Gasteiger partial charge in [-0.2, -0.15) is 0 Å². The number of aryl methyl sites for hydroxylation is 1. The van der Waals surface area contributed by atoms with Gasteiger partial charge in [-0.05, 0) is 32.2 Å². The van der Waals surface area contributed by atoms with Gasteiger partial charge < -0.3 is 21.1 Å². The second-order valence-electron chi connectivity index (χ2n) is 5.21. The van der Waals surface area contributed by atoms with E-state index in [2.05, 4.69) is 15.2 Å². The number of likely N-dealkylation sites (tertiary alicyclic amines) is 1. The van der Waals surface area contributed by atoms with Gasteiger partial charge in [-0.25, -0.2) is 4.98 Å². The number of anilines is 1. The Morgan fingerprint density at radius 2 is 2.45 bits per heavy atom. The first-order chi connectivity index (χ1) is 9.60. The lowest BCUT2D eigenvalue weighted by Gasteiger charge is -2.31. The van der Waals surface area contributed by atoms with E-state index in [9.17, 15) is 9.90 Å². The monoisotopic (exact) mass is 298 g/mol. The second kappa shape index (κ2) is 7.01. The minimum Gasteiger partial charge on any atom is -0.396 e. The number of carbonyl (C=O) groups excluding carboxylic acids is 1. The quantitative estimate of drug-likeness (QED) is 0.735. The summed E-state index contributed by atoms with van der Waals surface area (Å²) >= 11 is 1.22.